The summed E-state index contributed by atoms with van der Waals surface area (Å²) in [6.07, 6.45) is 4.12. The van der Waals surface area contributed by atoms with E-state index >= 15 is 0 Å². The third kappa shape index (κ3) is 3.83. The number of carbonyl (C=O) groups is 2. The number of rotatable bonds is 3. The number of aliphatic hydroxyl groups is 1. The summed E-state index contributed by atoms with van der Waals surface area (Å²) >= 11 is 0. The molecule has 0 aliphatic carbocycles. The minimum Gasteiger partial charge on any atom is -0.396 e. The molecular weight excluding hydrogens is 372 g/mol. The quantitative estimate of drug-likeness (QED) is 0.803. The largest absolute Gasteiger partial charge is 0.396 e. The predicted molar refractivity (Wildman–Crippen MR) is 108 cm³/mol. The Labute approximate surface area is 171 Å². The molecule has 1 aromatic rings. The maximum absolute atomic E-state index is 13.3. The molecule has 2 atom stereocenters. The van der Waals surface area contributed by atoms with Gasteiger partial charge in [0.05, 0.1) is 31.4 Å². The molecule has 2 amide bonds. The van der Waals surface area contributed by atoms with Gasteiger partial charge in [0.1, 0.15) is 5.82 Å². The lowest BCUT2D eigenvalue weighted by molar-refractivity contribution is -0.136. The molecule has 1 aromatic heterocycles. The maximum atomic E-state index is 13.3. The summed E-state index contributed by atoms with van der Waals surface area (Å²) in [5.74, 6) is 0.804. The Morgan fingerprint density at radius 2 is 2.00 bits per heavy atom. The third-order valence-electron chi connectivity index (χ3n) is 6.78. The van der Waals surface area contributed by atoms with Crippen molar-refractivity contribution < 1.29 is 19.4 Å². The van der Waals surface area contributed by atoms with E-state index in [-0.39, 0.29) is 29.9 Å². The van der Waals surface area contributed by atoms with Crippen LogP contribution >= 0.6 is 0 Å². The second-order valence-corrected chi connectivity index (χ2v) is 8.36. The zero-order valence-corrected chi connectivity index (χ0v) is 17.0. The number of hydrogen-bond donors (Lipinski definition) is 1. The Balaban J connectivity index is 1.54. The normalized spacial score (nSPS) is 27.5. The second-order valence-electron chi connectivity index (χ2n) is 8.36. The summed E-state index contributed by atoms with van der Waals surface area (Å²) in [4.78, 5) is 35.6. The average Bonchev–Trinajstić information content (AvgIpc) is 2.78. The highest BCUT2D eigenvalue weighted by molar-refractivity contribution is 5.94. The van der Waals surface area contributed by atoms with Crippen molar-refractivity contribution in [1.29, 1.82) is 0 Å². The van der Waals surface area contributed by atoms with Gasteiger partial charge in [0.15, 0.2) is 0 Å². The van der Waals surface area contributed by atoms with Crippen LogP contribution in [0.5, 0.6) is 0 Å². The first kappa shape index (κ1) is 20.1. The monoisotopic (exact) mass is 402 g/mol. The second kappa shape index (κ2) is 8.28. The lowest BCUT2D eigenvalue weighted by Gasteiger charge is -2.54. The SMILES string of the molecule is CC(=O)N1CC[C@]2(CO)CCCN(C(=O)c3ccc(N4CCOCC4)nc3)[C@H]2C1. The number of nitrogens with zero attached hydrogens (tertiary/aromatic N) is 4. The van der Waals surface area contributed by atoms with Crippen LogP contribution in [0.1, 0.15) is 36.5 Å². The summed E-state index contributed by atoms with van der Waals surface area (Å²) in [5, 5.41) is 10.2. The van der Waals surface area contributed by atoms with Gasteiger partial charge in [-0.05, 0) is 31.4 Å². The fourth-order valence-electron chi connectivity index (χ4n) is 4.95. The first-order valence-electron chi connectivity index (χ1n) is 10.5. The van der Waals surface area contributed by atoms with Crippen molar-refractivity contribution in [1.82, 2.24) is 14.8 Å². The molecule has 29 heavy (non-hydrogen) atoms. The molecule has 3 saturated heterocycles. The van der Waals surface area contributed by atoms with Crippen LogP contribution in [0.25, 0.3) is 0 Å². The fraction of sp³-hybridized carbons (Fsp3) is 0.667. The molecule has 0 bridgehead atoms. The van der Waals surface area contributed by atoms with Crippen molar-refractivity contribution in [2.75, 3.05) is 57.4 Å². The lowest BCUT2D eigenvalue weighted by atomic mass is 9.68. The number of piperidine rings is 2. The minimum absolute atomic E-state index is 0.0195. The topological polar surface area (TPSA) is 86.2 Å². The Kier molecular flexibility index (Phi) is 5.74. The zero-order chi connectivity index (χ0) is 20.4. The number of morpholine rings is 1. The molecular formula is C21H30N4O4. The van der Waals surface area contributed by atoms with Crippen molar-refractivity contribution in [2.24, 2.45) is 5.41 Å². The Hall–Kier alpha value is -2.19. The summed E-state index contributed by atoms with van der Waals surface area (Å²) in [7, 11) is 0. The number of fused-ring (bicyclic) bond motifs is 1. The van der Waals surface area contributed by atoms with Crippen molar-refractivity contribution in [3.05, 3.63) is 23.9 Å². The van der Waals surface area contributed by atoms with Crippen molar-refractivity contribution >= 4 is 17.6 Å². The highest BCUT2D eigenvalue weighted by Crippen LogP contribution is 2.42. The van der Waals surface area contributed by atoms with Gasteiger partial charge in [0.25, 0.3) is 5.91 Å². The first-order valence-corrected chi connectivity index (χ1v) is 10.5. The van der Waals surface area contributed by atoms with Crippen molar-refractivity contribution in [3.8, 4) is 0 Å². The summed E-state index contributed by atoms with van der Waals surface area (Å²) in [5.41, 5.74) is 0.233. The highest BCUT2D eigenvalue weighted by atomic mass is 16.5. The summed E-state index contributed by atoms with van der Waals surface area (Å²) in [6.45, 7) is 6.36. The fourth-order valence-corrected chi connectivity index (χ4v) is 4.95. The van der Waals surface area contributed by atoms with Crippen LogP contribution in [0.4, 0.5) is 5.82 Å². The highest BCUT2D eigenvalue weighted by Gasteiger charge is 2.49. The van der Waals surface area contributed by atoms with E-state index in [1.54, 1.807) is 18.0 Å². The number of likely N-dealkylation sites (tertiary alicyclic amines) is 2. The lowest BCUT2D eigenvalue weighted by Crippen LogP contribution is -2.64. The maximum Gasteiger partial charge on any atom is 0.255 e. The van der Waals surface area contributed by atoms with E-state index in [1.807, 2.05) is 17.0 Å². The number of aromatic nitrogens is 1. The van der Waals surface area contributed by atoms with Crippen molar-refractivity contribution in [3.63, 3.8) is 0 Å². The molecule has 8 heteroatoms. The van der Waals surface area contributed by atoms with Gasteiger partial charge in [-0.25, -0.2) is 4.98 Å². The molecule has 1 N–H and O–H groups in total. The van der Waals surface area contributed by atoms with Crippen LogP contribution in [0, 0.1) is 5.41 Å². The molecule has 3 aliphatic rings. The standard InChI is InChI=1S/C21H30N4O4/c1-16(27)24-8-6-21(15-26)5-2-7-25(18(21)14-24)20(28)17-3-4-19(22-13-17)23-9-11-29-12-10-23/h3-4,13,18,26H,2,5-12,14-15H2,1H3/t18-,21-/m0/s1. The van der Waals surface area contributed by atoms with Crippen LogP contribution in [0.3, 0.4) is 0 Å². The van der Waals surface area contributed by atoms with E-state index in [0.29, 0.717) is 38.4 Å². The van der Waals surface area contributed by atoms with E-state index < -0.39 is 0 Å². The van der Waals surface area contributed by atoms with Crippen molar-refractivity contribution in [2.45, 2.75) is 32.2 Å². The van der Waals surface area contributed by atoms with Gasteiger partial charge >= 0.3 is 0 Å². The van der Waals surface area contributed by atoms with Gasteiger partial charge in [-0.15, -0.1) is 0 Å². The van der Waals surface area contributed by atoms with Gasteiger partial charge in [-0.3, -0.25) is 9.59 Å². The van der Waals surface area contributed by atoms with Crippen LogP contribution in [0.2, 0.25) is 0 Å². The number of anilines is 1. The van der Waals surface area contributed by atoms with E-state index in [2.05, 4.69) is 9.88 Å². The van der Waals surface area contributed by atoms with Crippen LogP contribution in [-0.2, 0) is 9.53 Å². The smallest absolute Gasteiger partial charge is 0.255 e. The molecule has 158 valence electrons. The molecule has 4 heterocycles. The number of hydrogen-bond acceptors (Lipinski definition) is 6. The zero-order valence-electron chi connectivity index (χ0n) is 17.0. The molecule has 3 fully saturated rings. The van der Waals surface area contributed by atoms with E-state index in [0.717, 1.165) is 38.2 Å². The molecule has 0 unspecified atom stereocenters. The number of aliphatic hydroxyl groups excluding tert-OH is 1. The van der Waals surface area contributed by atoms with Gasteiger partial charge in [-0.2, -0.15) is 0 Å². The molecule has 0 saturated carbocycles. The minimum atomic E-state index is -0.318. The van der Waals surface area contributed by atoms with Crippen LogP contribution < -0.4 is 4.90 Å². The van der Waals surface area contributed by atoms with Crippen LogP contribution in [-0.4, -0.2) is 90.3 Å². The van der Waals surface area contributed by atoms with Gasteiger partial charge in [0.2, 0.25) is 5.91 Å². The summed E-state index contributed by atoms with van der Waals surface area (Å²) < 4.78 is 5.38. The molecule has 8 nitrogen and oxygen atoms in total. The number of pyridine rings is 1. The summed E-state index contributed by atoms with van der Waals surface area (Å²) in [6, 6.07) is 3.57. The average molecular weight is 402 g/mol. The number of ether oxygens (including phenoxy) is 1. The first-order chi connectivity index (χ1) is 14.0. The molecule has 3 aliphatic heterocycles. The van der Waals surface area contributed by atoms with E-state index in [1.165, 1.54) is 0 Å². The Bertz CT molecular complexity index is 750. The van der Waals surface area contributed by atoms with E-state index in [4.69, 9.17) is 4.74 Å². The Morgan fingerprint density at radius 1 is 1.21 bits per heavy atom. The molecule has 4 rings (SSSR count). The van der Waals surface area contributed by atoms with Gasteiger partial charge < -0.3 is 24.5 Å². The Morgan fingerprint density at radius 3 is 2.66 bits per heavy atom. The third-order valence-corrected chi connectivity index (χ3v) is 6.78. The molecule has 0 radical (unpaired) electrons. The number of amides is 2. The van der Waals surface area contributed by atoms with Crippen LogP contribution in [0.15, 0.2) is 18.3 Å². The number of carbonyl (C=O) groups excluding carboxylic acids is 2. The van der Waals surface area contributed by atoms with Gasteiger partial charge in [-0.1, -0.05) is 0 Å². The van der Waals surface area contributed by atoms with E-state index in [9.17, 15) is 14.7 Å². The molecule has 0 spiro atoms. The molecule has 0 aromatic carbocycles. The predicted octanol–water partition coefficient (Wildman–Crippen LogP) is 0.754. The van der Waals surface area contributed by atoms with Gasteiger partial charge in [0, 0.05) is 51.3 Å².